The fraction of sp³-hybridized carbons (Fsp3) is 0.343. The van der Waals surface area contributed by atoms with E-state index in [1.165, 1.54) is 20.1 Å². The highest BCUT2D eigenvalue weighted by molar-refractivity contribution is 5.95. The zero-order valence-corrected chi connectivity index (χ0v) is 27.4. The number of hydrogen-bond donors (Lipinski definition) is 4. The van der Waals surface area contributed by atoms with Crippen molar-refractivity contribution in [2.75, 3.05) is 32.0 Å². The number of aryl methyl sites for hydroxylation is 1. The van der Waals surface area contributed by atoms with Crippen molar-refractivity contribution in [2.24, 2.45) is 5.92 Å². The van der Waals surface area contributed by atoms with Gasteiger partial charge in [0.15, 0.2) is 17.3 Å². The number of methoxy groups -OCH3 is 3. The highest BCUT2D eigenvalue weighted by Gasteiger charge is 2.30. The van der Waals surface area contributed by atoms with Crippen molar-refractivity contribution in [3.05, 3.63) is 75.9 Å². The Labute approximate surface area is 273 Å². The number of nitrogens with one attached hydrogen (secondary N) is 4. The van der Waals surface area contributed by atoms with Gasteiger partial charge >= 0.3 is 0 Å². The highest BCUT2D eigenvalue weighted by Crippen LogP contribution is 2.50. The summed E-state index contributed by atoms with van der Waals surface area (Å²) in [7, 11) is 4.65. The van der Waals surface area contributed by atoms with Crippen molar-refractivity contribution in [2.45, 2.75) is 52.1 Å². The van der Waals surface area contributed by atoms with E-state index in [0.717, 1.165) is 16.7 Å². The number of fused-ring (bicyclic) bond motifs is 3. The van der Waals surface area contributed by atoms with Crippen molar-refractivity contribution in [1.82, 2.24) is 20.5 Å². The van der Waals surface area contributed by atoms with Gasteiger partial charge in [-0.15, -0.1) is 5.10 Å². The minimum atomic E-state index is -0.786. The Hall–Kier alpha value is -5.39. The van der Waals surface area contributed by atoms with E-state index in [4.69, 9.17) is 14.2 Å². The molecule has 1 aromatic heterocycles. The minimum Gasteiger partial charge on any atom is -0.493 e. The van der Waals surface area contributed by atoms with Crippen LogP contribution in [0.4, 0.5) is 11.6 Å². The lowest BCUT2D eigenvalue weighted by atomic mass is 9.95. The summed E-state index contributed by atoms with van der Waals surface area (Å²) in [5.74, 6) is 1.27. The number of aromatic amines is 1. The molecule has 4 aromatic rings. The normalized spacial score (nSPS) is 14.8. The molecule has 0 unspecified atom stereocenters. The number of carbonyl (C=O) groups is 2. The Kier molecular flexibility index (Phi) is 10.1. The van der Waals surface area contributed by atoms with E-state index in [1.807, 2.05) is 56.3 Å². The second kappa shape index (κ2) is 14.4. The molecule has 12 heteroatoms. The van der Waals surface area contributed by atoms with Crippen molar-refractivity contribution in [3.8, 4) is 39.8 Å². The van der Waals surface area contributed by atoms with E-state index < -0.39 is 12.1 Å². The van der Waals surface area contributed by atoms with E-state index in [-0.39, 0.29) is 34.8 Å². The number of amides is 2. The largest absolute Gasteiger partial charge is 0.493 e. The van der Waals surface area contributed by atoms with Crippen LogP contribution in [0.5, 0.6) is 17.2 Å². The van der Waals surface area contributed by atoms with Crippen LogP contribution in [0.2, 0.25) is 0 Å². The average Bonchev–Trinajstić information content (AvgIpc) is 3.42. The molecule has 0 fully saturated rings. The maximum absolute atomic E-state index is 13.9. The number of rotatable bonds is 11. The summed E-state index contributed by atoms with van der Waals surface area (Å²) in [5, 5.41) is 16.0. The number of benzene rings is 2. The van der Waals surface area contributed by atoms with Gasteiger partial charge in [0.2, 0.25) is 28.9 Å². The third-order valence-electron chi connectivity index (χ3n) is 8.49. The van der Waals surface area contributed by atoms with Gasteiger partial charge < -0.3 is 24.8 Å². The first kappa shape index (κ1) is 33.0. The second-order valence-electron chi connectivity index (χ2n) is 11.5. The van der Waals surface area contributed by atoms with Crippen LogP contribution in [-0.4, -0.2) is 54.4 Å². The molecule has 1 aliphatic rings. The molecule has 0 saturated carbocycles. The Bertz CT molecular complexity index is 1830. The molecule has 12 nitrogen and oxygen atoms in total. The first-order valence-corrected chi connectivity index (χ1v) is 15.5. The molecule has 5 rings (SSSR count). The van der Waals surface area contributed by atoms with Crippen LogP contribution in [0.15, 0.2) is 59.4 Å². The molecule has 0 saturated heterocycles. The van der Waals surface area contributed by atoms with Gasteiger partial charge in [-0.2, -0.15) is 4.98 Å². The van der Waals surface area contributed by atoms with Gasteiger partial charge in [-0.3, -0.25) is 24.8 Å². The molecule has 0 aliphatic heterocycles. The molecule has 1 heterocycles. The molecular weight excluding hydrogens is 600 g/mol. The van der Waals surface area contributed by atoms with Gasteiger partial charge in [0.05, 0.1) is 33.1 Å². The third-order valence-corrected chi connectivity index (χ3v) is 8.49. The van der Waals surface area contributed by atoms with Crippen LogP contribution in [0.1, 0.15) is 50.8 Å². The van der Waals surface area contributed by atoms with E-state index >= 15 is 0 Å². The Balaban J connectivity index is 1.56. The number of carbonyl (C=O) groups excluding carboxylic acids is 2. The summed E-state index contributed by atoms with van der Waals surface area (Å²) in [6.45, 7) is 5.35. The number of H-pyrrole nitrogens is 1. The Morgan fingerprint density at radius 2 is 1.77 bits per heavy atom. The smallest absolute Gasteiger partial charge is 0.249 e. The maximum Gasteiger partial charge on any atom is 0.249 e. The molecule has 0 bridgehead atoms. The van der Waals surface area contributed by atoms with E-state index in [2.05, 4.69) is 31.1 Å². The summed E-state index contributed by atoms with van der Waals surface area (Å²) >= 11 is 0. The molecular formula is C35H40N6O6. The highest BCUT2D eigenvalue weighted by atomic mass is 16.5. The third kappa shape index (κ3) is 6.91. The lowest BCUT2D eigenvalue weighted by Crippen LogP contribution is -2.41. The number of aromatic nitrogens is 3. The zero-order chi connectivity index (χ0) is 33.7. The van der Waals surface area contributed by atoms with Crippen molar-refractivity contribution in [1.29, 1.82) is 0 Å². The van der Waals surface area contributed by atoms with Crippen molar-refractivity contribution < 1.29 is 23.8 Å². The van der Waals surface area contributed by atoms with Crippen molar-refractivity contribution >= 4 is 23.5 Å². The zero-order valence-electron chi connectivity index (χ0n) is 27.4. The Morgan fingerprint density at radius 3 is 2.43 bits per heavy atom. The molecule has 47 heavy (non-hydrogen) atoms. The van der Waals surface area contributed by atoms with Gasteiger partial charge in [0.1, 0.15) is 6.04 Å². The first-order chi connectivity index (χ1) is 22.7. The fourth-order valence-electron chi connectivity index (χ4n) is 5.93. The topological polar surface area (TPSA) is 157 Å². The average molecular weight is 641 g/mol. The van der Waals surface area contributed by atoms with Gasteiger partial charge in [0.25, 0.3) is 0 Å². The minimum absolute atomic E-state index is 0.128. The molecule has 1 aliphatic carbocycles. The molecule has 0 spiro atoms. The van der Waals surface area contributed by atoms with Crippen LogP contribution in [0.25, 0.3) is 22.5 Å². The van der Waals surface area contributed by atoms with Gasteiger partial charge in [0, 0.05) is 18.1 Å². The summed E-state index contributed by atoms with van der Waals surface area (Å²) in [5.41, 5.74) is 3.69. The lowest BCUT2D eigenvalue weighted by Gasteiger charge is -2.23. The molecule has 2 amide bonds. The molecule has 0 radical (unpaired) electrons. The van der Waals surface area contributed by atoms with Crippen LogP contribution >= 0.6 is 0 Å². The molecule has 246 valence electrons. The SMILES string of the molecule is CC[C@@H](C)[C@H](Nc1ccc2c(cc1=O)[C@@H](NC(C)=O)CCc1cc(OC)c(OC)c(OC)c1-2)C(=O)Nc1n[nH]c(-c2ccccc2)n1. The number of ether oxygens (including phenoxy) is 3. The lowest BCUT2D eigenvalue weighted by molar-refractivity contribution is -0.120. The monoisotopic (exact) mass is 640 g/mol. The van der Waals surface area contributed by atoms with Crippen molar-refractivity contribution in [3.63, 3.8) is 0 Å². The summed E-state index contributed by atoms with van der Waals surface area (Å²) < 4.78 is 17.2. The van der Waals surface area contributed by atoms with E-state index in [1.54, 1.807) is 20.3 Å². The molecule has 3 atom stereocenters. The molecule has 4 N–H and O–H groups in total. The standard InChI is InChI=1S/C35H40N6O6/c1-7-19(2)30(34(44)39-35-38-33(40-41-35)21-11-9-8-10-12-21)37-26-16-14-23-24(18-27(26)43)25(36-20(3)42)15-13-22-17-28(45-4)31(46-5)32(47-6)29(22)23/h8-12,14,16-19,25,30H,7,13,15H2,1-6H3,(H,36,42)(H,37,43)(H2,38,39,40,41,44)/t19-,25+,30+/m1/s1. The number of anilines is 2. The second-order valence-corrected chi connectivity index (χ2v) is 11.5. The van der Waals surface area contributed by atoms with Crippen LogP contribution in [-0.2, 0) is 16.0 Å². The summed E-state index contributed by atoms with van der Waals surface area (Å²) in [4.78, 5) is 44.3. The van der Waals surface area contributed by atoms with Gasteiger partial charge in [-0.1, -0.05) is 56.7 Å². The van der Waals surface area contributed by atoms with Gasteiger partial charge in [-0.25, -0.2) is 0 Å². The first-order valence-electron chi connectivity index (χ1n) is 15.5. The van der Waals surface area contributed by atoms with Crippen LogP contribution < -0.4 is 35.6 Å². The quantitative estimate of drug-likeness (QED) is 0.175. The molecule has 3 aromatic carbocycles. The number of nitrogens with zero attached hydrogens (tertiary/aromatic N) is 2. The van der Waals surface area contributed by atoms with Crippen LogP contribution in [0.3, 0.4) is 0 Å². The number of hydrogen-bond acceptors (Lipinski definition) is 9. The van der Waals surface area contributed by atoms with Crippen LogP contribution in [0, 0.1) is 5.92 Å². The predicted molar refractivity (Wildman–Crippen MR) is 180 cm³/mol. The predicted octanol–water partition coefficient (Wildman–Crippen LogP) is 5.11. The van der Waals surface area contributed by atoms with E-state index in [0.29, 0.717) is 53.5 Å². The fourth-order valence-corrected chi connectivity index (χ4v) is 5.93. The summed E-state index contributed by atoms with van der Waals surface area (Å²) in [6, 6.07) is 15.1. The Morgan fingerprint density at radius 1 is 1.02 bits per heavy atom. The van der Waals surface area contributed by atoms with E-state index in [9.17, 15) is 14.4 Å². The summed E-state index contributed by atoms with van der Waals surface area (Å²) in [6.07, 6.45) is 1.77. The maximum atomic E-state index is 13.9. The van der Waals surface area contributed by atoms with Gasteiger partial charge in [-0.05, 0) is 53.6 Å².